The molecule has 0 radical (unpaired) electrons. The van der Waals surface area contributed by atoms with Gasteiger partial charge in [0.1, 0.15) is 42.3 Å². The van der Waals surface area contributed by atoms with Crippen LogP contribution in [0.25, 0.3) is 0 Å². The summed E-state index contributed by atoms with van der Waals surface area (Å²) in [6.07, 6.45) is -0.0422. The van der Waals surface area contributed by atoms with Crippen LogP contribution in [-0.4, -0.2) is 143 Å². The Kier molecular flexibility index (Phi) is 29.0. The van der Waals surface area contributed by atoms with Gasteiger partial charge in [0.05, 0.1) is 25.6 Å². The average molecular weight is 1020 g/mol. The number of aliphatic hydroxyl groups excluding tert-OH is 1. The Morgan fingerprint density at radius 2 is 1.10 bits per heavy atom. The highest BCUT2D eigenvalue weighted by Gasteiger charge is 2.36. The van der Waals surface area contributed by atoms with Gasteiger partial charge in [-0.2, -0.15) is 0 Å². The van der Waals surface area contributed by atoms with Gasteiger partial charge in [0.25, 0.3) is 0 Å². The molecule has 1 aromatic rings. The van der Waals surface area contributed by atoms with E-state index in [4.69, 9.17) is 22.9 Å². The van der Waals surface area contributed by atoms with Gasteiger partial charge in [0, 0.05) is 12.8 Å². The summed E-state index contributed by atoms with van der Waals surface area (Å²) in [5.41, 5.74) is 22.7. The first-order chi connectivity index (χ1) is 33.8. The molecular weight excluding hydrogens is 941 g/mol. The quantitative estimate of drug-likeness (QED) is 0.0294. The first-order valence-electron chi connectivity index (χ1n) is 24.1. The van der Waals surface area contributed by atoms with Crippen molar-refractivity contribution in [2.45, 2.75) is 154 Å². The maximum absolute atomic E-state index is 14.1. The molecule has 18 N–H and O–H groups in total. The third kappa shape index (κ3) is 24.4. The predicted octanol–water partition coefficient (Wildman–Crippen LogP) is -3.45. The minimum atomic E-state index is -1.83. The monoisotopic (exact) mass is 1020 g/mol. The van der Waals surface area contributed by atoms with Gasteiger partial charge in [-0.15, -0.1) is 0 Å². The van der Waals surface area contributed by atoms with E-state index in [-0.39, 0.29) is 37.5 Å². The van der Waals surface area contributed by atoms with Gasteiger partial charge in [0.15, 0.2) is 0 Å². The number of carboxylic acid groups (broad SMARTS) is 1. The Balaban J connectivity index is 3.45. The zero-order chi connectivity index (χ0) is 54.7. The van der Waals surface area contributed by atoms with Gasteiger partial charge in [-0.1, -0.05) is 84.7 Å². The van der Waals surface area contributed by atoms with Crippen LogP contribution in [0.4, 0.5) is 0 Å². The van der Waals surface area contributed by atoms with Gasteiger partial charge in [-0.25, -0.2) is 0 Å². The highest BCUT2D eigenvalue weighted by molar-refractivity contribution is 5.99. The van der Waals surface area contributed by atoms with E-state index in [1.807, 2.05) is 0 Å². The second-order valence-corrected chi connectivity index (χ2v) is 18.5. The summed E-state index contributed by atoms with van der Waals surface area (Å²) in [6.45, 7) is 9.29. The van der Waals surface area contributed by atoms with Crippen LogP contribution in [0.5, 0.6) is 0 Å². The molecule has 0 heterocycles. The number of nitrogens with one attached hydrogen (secondary N) is 8. The summed E-state index contributed by atoms with van der Waals surface area (Å²) in [5.74, 6) is -11.6. The zero-order valence-electron chi connectivity index (χ0n) is 42.1. The number of hydrogen-bond acceptors (Lipinski definition) is 14. The van der Waals surface area contributed by atoms with E-state index in [1.165, 1.54) is 0 Å². The van der Waals surface area contributed by atoms with E-state index in [9.17, 15) is 63.0 Å². The number of aliphatic hydroxyl groups is 1. The van der Waals surface area contributed by atoms with Crippen LogP contribution in [0.1, 0.15) is 105 Å². The van der Waals surface area contributed by atoms with E-state index in [1.54, 1.807) is 71.9 Å². The van der Waals surface area contributed by atoms with Crippen LogP contribution in [0, 0.1) is 17.8 Å². The fourth-order valence-corrected chi connectivity index (χ4v) is 7.10. The Bertz CT molecular complexity index is 1990. The molecule has 0 saturated carbocycles. The molecule has 9 atom stereocenters. The summed E-state index contributed by atoms with van der Waals surface area (Å²) >= 11 is 0. The van der Waals surface area contributed by atoms with Gasteiger partial charge < -0.3 is 75.7 Å². The Morgan fingerprint density at radius 1 is 0.597 bits per heavy atom. The molecule has 25 nitrogen and oxygen atoms in total. The van der Waals surface area contributed by atoms with Crippen LogP contribution < -0.4 is 65.5 Å². The van der Waals surface area contributed by atoms with E-state index in [0.717, 1.165) is 0 Å². The third-order valence-electron chi connectivity index (χ3n) is 11.3. The molecular formula is C47H78N12O13. The average Bonchev–Trinajstić information content (AvgIpc) is 3.31. The van der Waals surface area contributed by atoms with E-state index >= 15 is 0 Å². The largest absolute Gasteiger partial charge is 0.481 e. The lowest BCUT2D eigenvalue weighted by atomic mass is 9.96. The predicted molar refractivity (Wildman–Crippen MR) is 263 cm³/mol. The van der Waals surface area contributed by atoms with Crippen LogP contribution in [0.2, 0.25) is 0 Å². The molecule has 0 spiro atoms. The van der Waals surface area contributed by atoms with Crippen molar-refractivity contribution in [3.63, 3.8) is 0 Å². The lowest BCUT2D eigenvalue weighted by Crippen LogP contribution is -2.61. The van der Waals surface area contributed by atoms with Crippen molar-refractivity contribution in [1.82, 2.24) is 42.5 Å². The molecule has 10 amide bonds. The number of unbranched alkanes of at least 4 members (excludes halogenated alkanes) is 1. The van der Waals surface area contributed by atoms with Gasteiger partial charge in [-0.05, 0) is 62.0 Å². The lowest BCUT2D eigenvalue weighted by Gasteiger charge is -2.29. The molecule has 1 rings (SSSR count). The first kappa shape index (κ1) is 63.3. The number of carboxylic acids is 1. The number of aliphatic carboxylic acids is 1. The van der Waals surface area contributed by atoms with Gasteiger partial charge in [0.2, 0.25) is 59.1 Å². The normalized spacial score (nSPS) is 14.9. The van der Waals surface area contributed by atoms with Crippen LogP contribution in [0.3, 0.4) is 0 Å². The van der Waals surface area contributed by atoms with Crippen molar-refractivity contribution < 1.29 is 63.0 Å². The number of carbonyl (C=O) groups excluding carboxylic acids is 10. The van der Waals surface area contributed by atoms with Gasteiger partial charge >= 0.3 is 5.97 Å². The summed E-state index contributed by atoms with van der Waals surface area (Å²) in [7, 11) is 0. The molecule has 404 valence electrons. The number of carbonyl (C=O) groups is 11. The fourth-order valence-electron chi connectivity index (χ4n) is 7.10. The summed E-state index contributed by atoms with van der Waals surface area (Å²) in [5, 5.41) is 39.1. The number of rotatable bonds is 35. The number of benzene rings is 1. The van der Waals surface area contributed by atoms with E-state index in [0.29, 0.717) is 37.8 Å². The molecule has 1 aromatic carbocycles. The van der Waals surface area contributed by atoms with Crippen molar-refractivity contribution in [3.8, 4) is 0 Å². The maximum atomic E-state index is 14.1. The molecule has 0 bridgehead atoms. The lowest BCUT2D eigenvalue weighted by molar-refractivity contribution is -0.142. The number of hydrogen-bond donors (Lipinski definition) is 14. The summed E-state index contributed by atoms with van der Waals surface area (Å²) < 4.78 is 0. The Hall–Kier alpha value is -6.73. The molecule has 0 aliphatic heterocycles. The Morgan fingerprint density at radius 3 is 1.60 bits per heavy atom. The second kappa shape index (κ2) is 33.0. The first-order valence-corrected chi connectivity index (χ1v) is 24.1. The van der Waals surface area contributed by atoms with Crippen molar-refractivity contribution in [2.24, 2.45) is 40.7 Å². The maximum Gasteiger partial charge on any atom is 0.305 e. The van der Waals surface area contributed by atoms with Crippen molar-refractivity contribution in [2.75, 3.05) is 19.7 Å². The fraction of sp³-hybridized carbons (Fsp3) is 0.638. The number of primary amides is 2. The van der Waals surface area contributed by atoms with E-state index < -0.39 is 145 Å². The molecule has 25 heteroatoms. The molecule has 72 heavy (non-hydrogen) atoms. The summed E-state index contributed by atoms with van der Waals surface area (Å²) in [4.78, 5) is 144. The summed E-state index contributed by atoms with van der Waals surface area (Å²) in [6, 6.07) is -2.72. The van der Waals surface area contributed by atoms with Crippen LogP contribution >= 0.6 is 0 Å². The second-order valence-electron chi connectivity index (χ2n) is 18.5. The molecule has 0 saturated heterocycles. The van der Waals surface area contributed by atoms with E-state index in [2.05, 4.69) is 42.5 Å². The van der Waals surface area contributed by atoms with Crippen molar-refractivity contribution in [3.05, 3.63) is 35.9 Å². The molecule has 0 aliphatic rings. The van der Waals surface area contributed by atoms with Gasteiger partial charge in [-0.3, -0.25) is 52.7 Å². The number of nitrogens with two attached hydrogens (primary N) is 4. The molecule has 0 aliphatic carbocycles. The standard InChI is InChI=1S/C47H78N12O13/c1-7-27(6)39(47(72)58-35(24-60)40(51)65)59-46(71)32(20-26(4)5)56-45(70)34(22-38(63)64)57-43(68)31(19-25(2)3)55-42(67)30(16-17-36(50)61)54-44(69)33(21-28-13-9-8-10-14-28)53-37(62)23-52-41(66)29(49)15-11-12-18-48/h8-10,13-14,25-27,29-35,39,60H,7,11-12,15-24,48-49H2,1-6H3,(H2,50,61)(H2,51,65)(H,52,66)(H,53,62)(H,54,69)(H,55,67)(H,56,70)(H,57,68)(H,58,72)(H,59,71)(H,63,64)/t27-,29-,30-,31-,32-,33-,34-,35-,39-/m0/s1. The highest BCUT2D eigenvalue weighted by Crippen LogP contribution is 2.14. The number of amides is 10. The SMILES string of the molecule is CC[C@H](C)[C@H](NC(=O)[C@H](CC(C)C)NC(=O)[C@H](CC(=O)O)NC(=O)[C@H](CC(C)C)NC(=O)[C@H](CCC(N)=O)NC(=O)[C@H](Cc1ccccc1)NC(=O)CNC(=O)[C@@H](N)CCCCN)C(=O)N[C@@H](CO)C(N)=O. The Labute approximate surface area is 420 Å². The molecule has 0 unspecified atom stereocenters. The third-order valence-corrected chi connectivity index (χ3v) is 11.3. The zero-order valence-corrected chi connectivity index (χ0v) is 42.1. The molecule has 0 aromatic heterocycles. The topological polar surface area (TPSA) is 429 Å². The van der Waals surface area contributed by atoms with Crippen LogP contribution in [0.15, 0.2) is 30.3 Å². The minimum Gasteiger partial charge on any atom is -0.481 e. The van der Waals surface area contributed by atoms with Crippen molar-refractivity contribution in [1.29, 1.82) is 0 Å². The minimum absolute atomic E-state index is 0.0255. The smallest absolute Gasteiger partial charge is 0.305 e. The van der Waals surface area contributed by atoms with Crippen LogP contribution in [-0.2, 0) is 59.2 Å². The highest BCUT2D eigenvalue weighted by atomic mass is 16.4. The molecule has 0 fully saturated rings. The van der Waals surface area contributed by atoms with Crippen molar-refractivity contribution >= 4 is 65.0 Å².